The Balaban J connectivity index is 1.85. The van der Waals surface area contributed by atoms with E-state index in [0.717, 1.165) is 13.0 Å². The summed E-state index contributed by atoms with van der Waals surface area (Å²) < 4.78 is 15.3. The molecule has 0 radical (unpaired) electrons. The van der Waals surface area contributed by atoms with E-state index in [1.165, 1.54) is 11.6 Å². The molecule has 0 aliphatic rings. The summed E-state index contributed by atoms with van der Waals surface area (Å²) in [6.45, 7) is 2.78. The molecule has 2 rings (SSSR count). The predicted molar refractivity (Wildman–Crippen MR) is 69.7 cm³/mol. The molecule has 0 spiro atoms. The van der Waals surface area contributed by atoms with Crippen molar-refractivity contribution < 1.29 is 4.39 Å². The Hall–Kier alpha value is -1.68. The van der Waals surface area contributed by atoms with Crippen molar-refractivity contribution in [3.63, 3.8) is 0 Å². The van der Waals surface area contributed by atoms with Gasteiger partial charge in [0.2, 0.25) is 0 Å². The van der Waals surface area contributed by atoms with Crippen LogP contribution in [0, 0.1) is 5.82 Å². The summed E-state index contributed by atoms with van der Waals surface area (Å²) in [5.41, 5.74) is 1.90. The van der Waals surface area contributed by atoms with Crippen LogP contribution in [0.3, 0.4) is 0 Å². The minimum atomic E-state index is -0.154. The summed E-state index contributed by atoms with van der Waals surface area (Å²) in [7, 11) is 1.90. The lowest BCUT2D eigenvalue weighted by Gasteiger charge is -2.14. The molecule has 0 aliphatic carbocycles. The van der Waals surface area contributed by atoms with Gasteiger partial charge in [0.05, 0.1) is 6.20 Å². The molecule has 0 aliphatic heterocycles. The van der Waals surface area contributed by atoms with Crippen LogP contribution in [0.15, 0.2) is 36.7 Å². The van der Waals surface area contributed by atoms with Crippen molar-refractivity contribution in [2.24, 2.45) is 7.05 Å². The van der Waals surface area contributed by atoms with Crippen LogP contribution in [-0.4, -0.2) is 16.3 Å². The van der Waals surface area contributed by atoms with Gasteiger partial charge >= 0.3 is 0 Å². The highest BCUT2D eigenvalue weighted by Crippen LogP contribution is 2.15. The second-order valence-corrected chi connectivity index (χ2v) is 4.47. The fourth-order valence-electron chi connectivity index (χ4n) is 1.97. The molecule has 1 unspecified atom stereocenters. The number of aromatic nitrogens is 2. The molecule has 0 saturated heterocycles. The van der Waals surface area contributed by atoms with Crippen LogP contribution >= 0.6 is 0 Å². The molecule has 0 amide bonds. The molecule has 0 fully saturated rings. The Bertz CT molecular complexity index is 507. The van der Waals surface area contributed by atoms with Gasteiger partial charge in [0.25, 0.3) is 0 Å². The van der Waals surface area contributed by atoms with E-state index in [0.29, 0.717) is 5.56 Å². The smallest absolute Gasteiger partial charge is 0.127 e. The van der Waals surface area contributed by atoms with Gasteiger partial charge in [-0.25, -0.2) is 4.39 Å². The number of benzene rings is 1. The number of nitrogens with zero attached hydrogens (tertiary/aromatic N) is 2. The number of hydrogen-bond acceptors (Lipinski definition) is 2. The van der Waals surface area contributed by atoms with E-state index in [1.807, 2.05) is 38.5 Å². The second kappa shape index (κ2) is 5.78. The van der Waals surface area contributed by atoms with E-state index in [-0.39, 0.29) is 11.9 Å². The van der Waals surface area contributed by atoms with E-state index in [9.17, 15) is 4.39 Å². The number of nitrogens with one attached hydrogen (secondary N) is 1. The highest BCUT2D eigenvalue weighted by Gasteiger charge is 2.09. The van der Waals surface area contributed by atoms with Crippen LogP contribution < -0.4 is 5.32 Å². The molecular formula is C14H18FN3. The zero-order valence-electron chi connectivity index (χ0n) is 10.7. The Kier molecular flexibility index (Phi) is 4.10. The first-order chi connectivity index (χ1) is 8.66. The van der Waals surface area contributed by atoms with Gasteiger partial charge in [-0.3, -0.25) is 4.68 Å². The lowest BCUT2D eigenvalue weighted by atomic mass is 10.1. The summed E-state index contributed by atoms with van der Waals surface area (Å²) in [4.78, 5) is 0. The molecule has 1 N–H and O–H groups in total. The Morgan fingerprint density at radius 2 is 2.17 bits per heavy atom. The molecule has 0 saturated carbocycles. The van der Waals surface area contributed by atoms with Gasteiger partial charge < -0.3 is 5.32 Å². The first kappa shape index (κ1) is 12.8. The van der Waals surface area contributed by atoms with Gasteiger partial charge in [-0.2, -0.15) is 5.10 Å². The third kappa shape index (κ3) is 3.17. The molecule has 1 atom stereocenters. The summed E-state index contributed by atoms with van der Waals surface area (Å²) in [6.07, 6.45) is 4.75. The van der Waals surface area contributed by atoms with Gasteiger partial charge in [0, 0.05) is 24.8 Å². The number of aryl methyl sites for hydroxylation is 1. The molecular weight excluding hydrogens is 229 g/mol. The molecule has 3 nitrogen and oxygen atoms in total. The van der Waals surface area contributed by atoms with E-state index in [4.69, 9.17) is 0 Å². The average Bonchev–Trinajstić information content (AvgIpc) is 2.75. The van der Waals surface area contributed by atoms with Crippen molar-refractivity contribution in [2.45, 2.75) is 19.4 Å². The SMILES string of the molecule is CC(NCCc1cnn(C)c1)c1ccccc1F. The molecule has 1 aromatic heterocycles. The van der Waals surface area contributed by atoms with Gasteiger partial charge in [0.1, 0.15) is 5.82 Å². The van der Waals surface area contributed by atoms with Crippen LogP contribution in [-0.2, 0) is 13.5 Å². The molecule has 0 bridgehead atoms. The standard InChI is InChI=1S/C14H18FN3/c1-11(13-5-3-4-6-14(13)15)16-8-7-12-9-17-18(2)10-12/h3-6,9-11,16H,7-8H2,1-2H3. The molecule has 96 valence electrons. The minimum Gasteiger partial charge on any atom is -0.310 e. The Morgan fingerprint density at radius 1 is 1.39 bits per heavy atom. The van der Waals surface area contributed by atoms with E-state index in [1.54, 1.807) is 10.7 Å². The topological polar surface area (TPSA) is 29.9 Å². The van der Waals surface area contributed by atoms with Crippen LogP contribution in [0.4, 0.5) is 4.39 Å². The maximum Gasteiger partial charge on any atom is 0.127 e. The van der Waals surface area contributed by atoms with Crippen molar-refractivity contribution >= 4 is 0 Å². The van der Waals surface area contributed by atoms with Crippen LogP contribution in [0.25, 0.3) is 0 Å². The highest BCUT2D eigenvalue weighted by molar-refractivity contribution is 5.20. The lowest BCUT2D eigenvalue weighted by Crippen LogP contribution is -2.22. The Morgan fingerprint density at radius 3 is 2.83 bits per heavy atom. The fourth-order valence-corrected chi connectivity index (χ4v) is 1.97. The molecule has 18 heavy (non-hydrogen) atoms. The van der Waals surface area contributed by atoms with E-state index < -0.39 is 0 Å². The largest absolute Gasteiger partial charge is 0.310 e. The number of halogens is 1. The molecule has 1 aromatic carbocycles. The van der Waals surface area contributed by atoms with Crippen LogP contribution in [0.1, 0.15) is 24.1 Å². The van der Waals surface area contributed by atoms with Crippen molar-refractivity contribution in [3.8, 4) is 0 Å². The van der Waals surface area contributed by atoms with Gasteiger partial charge in [-0.15, -0.1) is 0 Å². The third-order valence-corrected chi connectivity index (χ3v) is 2.99. The summed E-state index contributed by atoms with van der Waals surface area (Å²) in [5.74, 6) is -0.154. The maximum atomic E-state index is 13.5. The van der Waals surface area contributed by atoms with Crippen molar-refractivity contribution in [2.75, 3.05) is 6.54 Å². The van der Waals surface area contributed by atoms with E-state index in [2.05, 4.69) is 10.4 Å². The third-order valence-electron chi connectivity index (χ3n) is 2.99. The average molecular weight is 247 g/mol. The van der Waals surface area contributed by atoms with Gasteiger partial charge in [0.15, 0.2) is 0 Å². The maximum absolute atomic E-state index is 13.5. The van der Waals surface area contributed by atoms with Crippen LogP contribution in [0.2, 0.25) is 0 Å². The molecule has 4 heteroatoms. The monoisotopic (exact) mass is 247 g/mol. The molecule has 1 heterocycles. The van der Waals surface area contributed by atoms with Crippen molar-refractivity contribution in [3.05, 3.63) is 53.6 Å². The first-order valence-corrected chi connectivity index (χ1v) is 6.12. The zero-order chi connectivity index (χ0) is 13.0. The summed E-state index contributed by atoms with van der Waals surface area (Å²) in [6, 6.07) is 6.90. The fraction of sp³-hybridized carbons (Fsp3) is 0.357. The van der Waals surface area contributed by atoms with Crippen LogP contribution in [0.5, 0.6) is 0 Å². The quantitative estimate of drug-likeness (QED) is 0.879. The van der Waals surface area contributed by atoms with Gasteiger partial charge in [-0.1, -0.05) is 18.2 Å². The van der Waals surface area contributed by atoms with Crippen molar-refractivity contribution in [1.82, 2.24) is 15.1 Å². The van der Waals surface area contributed by atoms with Gasteiger partial charge in [-0.05, 0) is 31.5 Å². The molecule has 2 aromatic rings. The normalized spacial score (nSPS) is 12.6. The predicted octanol–water partition coefficient (Wildman–Crippen LogP) is 2.45. The van der Waals surface area contributed by atoms with E-state index >= 15 is 0 Å². The zero-order valence-corrected chi connectivity index (χ0v) is 10.7. The lowest BCUT2D eigenvalue weighted by molar-refractivity contribution is 0.531. The minimum absolute atomic E-state index is 0.0165. The van der Waals surface area contributed by atoms with Crippen molar-refractivity contribution in [1.29, 1.82) is 0 Å². The summed E-state index contributed by atoms with van der Waals surface area (Å²) >= 11 is 0. The number of rotatable bonds is 5. The first-order valence-electron chi connectivity index (χ1n) is 6.12. The number of hydrogen-bond donors (Lipinski definition) is 1. The highest BCUT2D eigenvalue weighted by atomic mass is 19.1. The second-order valence-electron chi connectivity index (χ2n) is 4.47. The summed E-state index contributed by atoms with van der Waals surface area (Å²) in [5, 5.41) is 7.44. The Labute approximate surface area is 107 Å².